The lowest BCUT2D eigenvalue weighted by molar-refractivity contribution is 0.0301. The smallest absolute Gasteiger partial charge is 0.270 e. The molecule has 4 heterocycles. The second-order valence-electron chi connectivity index (χ2n) is 12.3. The molecule has 218 valence electrons. The van der Waals surface area contributed by atoms with E-state index in [-0.39, 0.29) is 23.3 Å². The molecule has 2 amide bonds. The van der Waals surface area contributed by atoms with Gasteiger partial charge in [-0.2, -0.15) is 0 Å². The van der Waals surface area contributed by atoms with Gasteiger partial charge < -0.3 is 29.2 Å². The van der Waals surface area contributed by atoms with Crippen LogP contribution in [-0.4, -0.2) is 86.2 Å². The van der Waals surface area contributed by atoms with E-state index in [4.69, 9.17) is 9.47 Å². The molecular weight excluding hydrogens is 516 g/mol. The summed E-state index contributed by atoms with van der Waals surface area (Å²) < 4.78 is 12.6. The number of nitrogens with one attached hydrogen (secondary N) is 1. The molecule has 0 bridgehead atoms. The highest BCUT2D eigenvalue weighted by atomic mass is 16.5. The molecule has 2 saturated heterocycles. The van der Waals surface area contributed by atoms with Gasteiger partial charge in [0.1, 0.15) is 11.4 Å². The summed E-state index contributed by atoms with van der Waals surface area (Å²) in [5, 5.41) is 1.04. The number of fused-ring (bicyclic) bond motifs is 3. The normalized spacial score (nSPS) is 21.7. The van der Waals surface area contributed by atoms with Crippen LogP contribution in [0, 0.1) is 5.41 Å². The minimum atomic E-state index is -0.0473. The number of amides is 2. The molecule has 1 spiro atoms. The molecule has 0 saturated carbocycles. The summed E-state index contributed by atoms with van der Waals surface area (Å²) in [6.07, 6.45) is 6.81. The monoisotopic (exact) mass is 558 g/mol. The van der Waals surface area contributed by atoms with Crippen molar-refractivity contribution >= 4 is 28.4 Å². The number of likely N-dealkylation sites (tertiary alicyclic amines) is 1. The molecule has 1 atom stereocenters. The highest BCUT2D eigenvalue weighted by Gasteiger charge is 2.38. The Bertz CT molecular complexity index is 1390. The summed E-state index contributed by atoms with van der Waals surface area (Å²) in [5.74, 6) is 0.747. The first kappa shape index (κ1) is 27.6. The largest absolute Gasteiger partial charge is 0.492 e. The van der Waals surface area contributed by atoms with Crippen LogP contribution in [0.15, 0.2) is 48.5 Å². The van der Waals surface area contributed by atoms with Crippen LogP contribution >= 0.6 is 0 Å². The number of hydrogen-bond acceptors (Lipinski definition) is 5. The molecule has 8 nitrogen and oxygen atoms in total. The Morgan fingerprint density at radius 1 is 1.00 bits per heavy atom. The SMILES string of the molecule is CN(C)c1ccc2cc(C(=O)N3CCC4(CCCCOC[C@@H]5CCCN5C(=O)c5ccccc5OC4)CC3)[nH]c2c1. The van der Waals surface area contributed by atoms with Gasteiger partial charge in [0.25, 0.3) is 11.8 Å². The number of aromatic amines is 1. The number of ether oxygens (including phenoxy) is 2. The molecule has 1 N–H and O–H groups in total. The molecule has 3 aromatic rings. The lowest BCUT2D eigenvalue weighted by Gasteiger charge is -2.42. The van der Waals surface area contributed by atoms with Crippen molar-refractivity contribution in [2.75, 3.05) is 58.5 Å². The number of carbonyl (C=O) groups excluding carboxylic acids is 2. The Hall–Kier alpha value is -3.52. The van der Waals surface area contributed by atoms with Crippen molar-refractivity contribution in [1.82, 2.24) is 14.8 Å². The van der Waals surface area contributed by atoms with Gasteiger partial charge in [-0.05, 0) is 68.9 Å². The van der Waals surface area contributed by atoms with Crippen LogP contribution < -0.4 is 9.64 Å². The summed E-state index contributed by atoms with van der Waals surface area (Å²) in [5.41, 5.74) is 3.30. The average Bonchev–Trinajstić information content (AvgIpc) is 3.64. The van der Waals surface area contributed by atoms with E-state index in [9.17, 15) is 9.59 Å². The molecule has 2 aromatic carbocycles. The van der Waals surface area contributed by atoms with Gasteiger partial charge in [-0.1, -0.05) is 24.6 Å². The second-order valence-corrected chi connectivity index (χ2v) is 12.3. The summed E-state index contributed by atoms with van der Waals surface area (Å²) in [4.78, 5) is 36.4. The number of rotatable bonds is 2. The summed E-state index contributed by atoms with van der Waals surface area (Å²) in [6.45, 7) is 4.00. The third kappa shape index (κ3) is 5.80. The van der Waals surface area contributed by atoms with E-state index in [0.29, 0.717) is 49.9 Å². The first-order valence-electron chi connectivity index (χ1n) is 15.1. The van der Waals surface area contributed by atoms with Gasteiger partial charge in [0.2, 0.25) is 0 Å². The van der Waals surface area contributed by atoms with Gasteiger partial charge in [0, 0.05) is 62.3 Å². The van der Waals surface area contributed by atoms with Gasteiger partial charge in [0.15, 0.2) is 0 Å². The highest BCUT2D eigenvalue weighted by molar-refractivity contribution is 5.99. The molecule has 0 aliphatic carbocycles. The maximum absolute atomic E-state index is 13.6. The van der Waals surface area contributed by atoms with Gasteiger partial charge >= 0.3 is 0 Å². The fourth-order valence-corrected chi connectivity index (χ4v) is 6.68. The zero-order valence-electron chi connectivity index (χ0n) is 24.4. The molecule has 1 aromatic heterocycles. The van der Waals surface area contributed by atoms with Crippen molar-refractivity contribution in [1.29, 1.82) is 0 Å². The lowest BCUT2D eigenvalue weighted by Crippen LogP contribution is -2.46. The standard InChI is InChI=1S/C33H42N4O4/c1-35(2)25-12-11-24-20-29(34-28(24)21-25)32(39)36-17-14-33(15-18-36)13-5-6-19-40-22-26-8-7-16-37(26)31(38)27-9-3-4-10-30(27)41-23-33/h3-4,9-12,20-21,26,34H,5-8,13-19,22-23H2,1-2H3/t26-/m0/s1. The van der Waals surface area contributed by atoms with Crippen molar-refractivity contribution in [3.63, 3.8) is 0 Å². The Balaban J connectivity index is 1.17. The second kappa shape index (κ2) is 11.8. The van der Waals surface area contributed by atoms with E-state index in [2.05, 4.69) is 28.1 Å². The van der Waals surface area contributed by atoms with E-state index >= 15 is 0 Å². The number of H-pyrrole nitrogens is 1. The minimum Gasteiger partial charge on any atom is -0.492 e. The van der Waals surface area contributed by atoms with E-state index < -0.39 is 0 Å². The van der Waals surface area contributed by atoms with Gasteiger partial charge in [-0.15, -0.1) is 0 Å². The Kier molecular flexibility index (Phi) is 7.93. The predicted octanol–water partition coefficient (Wildman–Crippen LogP) is 5.34. The number of benzene rings is 2. The van der Waals surface area contributed by atoms with Crippen LogP contribution in [0.5, 0.6) is 5.75 Å². The van der Waals surface area contributed by atoms with E-state index in [1.165, 1.54) is 0 Å². The van der Waals surface area contributed by atoms with Crippen LogP contribution in [0.1, 0.15) is 65.8 Å². The van der Waals surface area contributed by atoms with Crippen molar-refractivity contribution in [2.45, 2.75) is 51.0 Å². The molecule has 6 rings (SSSR count). The number of hydrogen-bond donors (Lipinski definition) is 1. The fraction of sp³-hybridized carbons (Fsp3) is 0.515. The Morgan fingerprint density at radius 3 is 2.66 bits per heavy atom. The van der Waals surface area contributed by atoms with Crippen molar-refractivity contribution in [3.05, 3.63) is 59.8 Å². The zero-order valence-corrected chi connectivity index (χ0v) is 24.4. The maximum Gasteiger partial charge on any atom is 0.270 e. The van der Waals surface area contributed by atoms with Crippen LogP contribution in [0.2, 0.25) is 0 Å². The van der Waals surface area contributed by atoms with E-state index in [1.54, 1.807) is 0 Å². The van der Waals surface area contributed by atoms with Crippen molar-refractivity contribution in [3.8, 4) is 5.75 Å². The number of para-hydroxylation sites is 1. The first-order valence-corrected chi connectivity index (χ1v) is 15.1. The molecule has 41 heavy (non-hydrogen) atoms. The summed E-state index contributed by atoms with van der Waals surface area (Å²) >= 11 is 0. The fourth-order valence-electron chi connectivity index (χ4n) is 6.68. The molecule has 3 aliphatic heterocycles. The molecule has 3 aliphatic rings. The summed E-state index contributed by atoms with van der Waals surface area (Å²) in [7, 11) is 4.03. The van der Waals surface area contributed by atoms with Crippen molar-refractivity contribution in [2.24, 2.45) is 5.41 Å². The first-order chi connectivity index (χ1) is 19.9. The Morgan fingerprint density at radius 2 is 1.83 bits per heavy atom. The zero-order chi connectivity index (χ0) is 28.4. The molecule has 0 unspecified atom stereocenters. The number of carbonyl (C=O) groups is 2. The van der Waals surface area contributed by atoms with Gasteiger partial charge in [-0.3, -0.25) is 9.59 Å². The summed E-state index contributed by atoms with van der Waals surface area (Å²) in [6, 6.07) is 16.0. The highest BCUT2D eigenvalue weighted by Crippen LogP contribution is 2.39. The molecule has 8 heteroatoms. The molecule has 0 radical (unpaired) electrons. The van der Waals surface area contributed by atoms with Gasteiger partial charge in [0.05, 0.1) is 24.8 Å². The third-order valence-corrected chi connectivity index (χ3v) is 9.31. The average molecular weight is 559 g/mol. The van der Waals surface area contributed by atoms with Crippen molar-refractivity contribution < 1.29 is 19.1 Å². The topological polar surface area (TPSA) is 78.1 Å². The van der Waals surface area contributed by atoms with E-state index in [0.717, 1.165) is 68.1 Å². The van der Waals surface area contributed by atoms with Crippen LogP contribution in [0.4, 0.5) is 5.69 Å². The maximum atomic E-state index is 13.6. The molecule has 2 fully saturated rings. The lowest BCUT2D eigenvalue weighted by atomic mass is 9.75. The van der Waals surface area contributed by atoms with Crippen LogP contribution in [0.25, 0.3) is 10.9 Å². The Labute approximate surface area is 242 Å². The number of piperidine rings is 1. The predicted molar refractivity (Wildman–Crippen MR) is 161 cm³/mol. The number of nitrogens with zero attached hydrogens (tertiary/aromatic N) is 3. The number of aromatic nitrogens is 1. The minimum absolute atomic E-state index is 0.0364. The van der Waals surface area contributed by atoms with Crippen LogP contribution in [-0.2, 0) is 4.74 Å². The number of anilines is 1. The third-order valence-electron chi connectivity index (χ3n) is 9.31. The van der Waals surface area contributed by atoms with Gasteiger partial charge in [-0.25, -0.2) is 0 Å². The van der Waals surface area contributed by atoms with E-state index in [1.807, 2.05) is 54.2 Å². The quantitative estimate of drug-likeness (QED) is 0.460. The molecular formula is C33H42N4O4. The van der Waals surface area contributed by atoms with Crippen LogP contribution in [0.3, 0.4) is 0 Å².